The molecule has 1 heterocycles. The van der Waals surface area contributed by atoms with Crippen molar-refractivity contribution in [2.75, 3.05) is 26.2 Å². The number of likely N-dealkylation sites (tertiary alicyclic amines) is 1. The van der Waals surface area contributed by atoms with Crippen molar-refractivity contribution >= 4 is 11.8 Å². The van der Waals surface area contributed by atoms with Crippen LogP contribution in [-0.2, 0) is 14.3 Å². The van der Waals surface area contributed by atoms with Crippen LogP contribution in [0.5, 0.6) is 0 Å². The molecule has 0 aromatic carbocycles. The Morgan fingerprint density at radius 3 is 2.82 bits per heavy atom. The van der Waals surface area contributed by atoms with Gasteiger partial charge in [0, 0.05) is 13.0 Å². The predicted octanol–water partition coefficient (Wildman–Crippen LogP) is 1.63. The number of carbonyl (C=O) groups excluding carboxylic acids is 2. The highest BCUT2D eigenvalue weighted by Gasteiger charge is 2.30. The van der Waals surface area contributed by atoms with Crippen molar-refractivity contribution < 1.29 is 14.3 Å². The lowest BCUT2D eigenvalue weighted by atomic mass is 9.96. The van der Waals surface area contributed by atoms with Crippen molar-refractivity contribution in [2.45, 2.75) is 39.5 Å². The van der Waals surface area contributed by atoms with E-state index >= 15 is 0 Å². The molecule has 0 bridgehead atoms. The first-order chi connectivity index (χ1) is 8.19. The van der Waals surface area contributed by atoms with Gasteiger partial charge in [-0.05, 0) is 39.3 Å². The van der Waals surface area contributed by atoms with Crippen LogP contribution in [0.4, 0.5) is 0 Å². The first-order valence-electron chi connectivity index (χ1n) is 6.60. The van der Waals surface area contributed by atoms with E-state index in [0.29, 0.717) is 19.6 Å². The zero-order valence-corrected chi connectivity index (χ0v) is 10.9. The molecule has 1 atom stereocenters. The smallest absolute Gasteiger partial charge is 0.317 e. The molecule has 0 N–H and O–H groups in total. The molecule has 0 saturated carbocycles. The minimum absolute atomic E-state index is 0.0456. The molecule has 0 aromatic rings. The lowest BCUT2D eigenvalue weighted by Crippen LogP contribution is -2.40. The summed E-state index contributed by atoms with van der Waals surface area (Å²) in [6, 6.07) is 0. The average Bonchev–Trinajstić information content (AvgIpc) is 2.28. The maximum Gasteiger partial charge on any atom is 0.317 e. The Morgan fingerprint density at radius 2 is 2.18 bits per heavy atom. The summed E-state index contributed by atoms with van der Waals surface area (Å²) in [5.41, 5.74) is 0. The fraction of sp³-hybridized carbons (Fsp3) is 0.846. The SMILES string of the molecule is CCCN1CCCCC(=O)C(C(=O)OCC)C1. The fourth-order valence-corrected chi connectivity index (χ4v) is 2.23. The Morgan fingerprint density at radius 1 is 1.41 bits per heavy atom. The van der Waals surface area contributed by atoms with Gasteiger partial charge in [0.05, 0.1) is 6.61 Å². The molecule has 1 rings (SSSR count). The third kappa shape index (κ3) is 4.46. The molecule has 0 aromatic heterocycles. The standard InChI is InChI=1S/C13H23NO3/c1-3-8-14-9-6-5-7-12(15)11(10-14)13(16)17-4-2/h11H,3-10H2,1-2H3. The Labute approximate surface area is 103 Å². The lowest BCUT2D eigenvalue weighted by molar-refractivity contribution is -0.152. The minimum atomic E-state index is -0.568. The maximum atomic E-state index is 11.9. The predicted molar refractivity (Wildman–Crippen MR) is 65.7 cm³/mol. The maximum absolute atomic E-state index is 11.9. The second-order valence-electron chi connectivity index (χ2n) is 4.53. The van der Waals surface area contributed by atoms with Crippen LogP contribution < -0.4 is 0 Å². The Bertz CT molecular complexity index is 257. The van der Waals surface area contributed by atoms with Crippen LogP contribution in [0.1, 0.15) is 39.5 Å². The first-order valence-corrected chi connectivity index (χ1v) is 6.60. The van der Waals surface area contributed by atoms with Gasteiger partial charge in [0.25, 0.3) is 0 Å². The summed E-state index contributed by atoms with van der Waals surface area (Å²) >= 11 is 0. The van der Waals surface area contributed by atoms with Gasteiger partial charge in [0.1, 0.15) is 11.7 Å². The van der Waals surface area contributed by atoms with Crippen LogP contribution in [0.15, 0.2) is 0 Å². The molecule has 1 aliphatic heterocycles. The summed E-state index contributed by atoms with van der Waals surface area (Å²) in [7, 11) is 0. The van der Waals surface area contributed by atoms with E-state index in [4.69, 9.17) is 4.74 Å². The number of esters is 1. The molecular formula is C13H23NO3. The van der Waals surface area contributed by atoms with Crippen molar-refractivity contribution in [2.24, 2.45) is 5.92 Å². The number of ether oxygens (including phenoxy) is 1. The van der Waals surface area contributed by atoms with E-state index < -0.39 is 5.92 Å². The van der Waals surface area contributed by atoms with E-state index in [0.717, 1.165) is 32.4 Å². The summed E-state index contributed by atoms with van der Waals surface area (Å²) in [6.45, 7) is 6.69. The number of carbonyl (C=O) groups is 2. The molecule has 1 fully saturated rings. The Hall–Kier alpha value is -0.900. The summed E-state index contributed by atoms with van der Waals surface area (Å²) in [5.74, 6) is -0.869. The van der Waals surface area contributed by atoms with E-state index in [1.807, 2.05) is 0 Å². The van der Waals surface area contributed by atoms with Crippen LogP contribution >= 0.6 is 0 Å². The van der Waals surface area contributed by atoms with Gasteiger partial charge >= 0.3 is 5.97 Å². The number of hydrogen-bond acceptors (Lipinski definition) is 4. The van der Waals surface area contributed by atoms with E-state index in [2.05, 4.69) is 11.8 Å². The number of rotatable bonds is 4. The number of hydrogen-bond donors (Lipinski definition) is 0. The van der Waals surface area contributed by atoms with Gasteiger partial charge in [-0.2, -0.15) is 0 Å². The molecule has 1 unspecified atom stereocenters. The molecule has 98 valence electrons. The molecule has 0 amide bonds. The zero-order chi connectivity index (χ0) is 12.7. The molecule has 17 heavy (non-hydrogen) atoms. The molecule has 4 nitrogen and oxygen atoms in total. The van der Waals surface area contributed by atoms with Crippen molar-refractivity contribution in [3.63, 3.8) is 0 Å². The van der Waals surface area contributed by atoms with Gasteiger partial charge in [-0.3, -0.25) is 9.59 Å². The van der Waals surface area contributed by atoms with Gasteiger partial charge in [0.15, 0.2) is 0 Å². The highest BCUT2D eigenvalue weighted by atomic mass is 16.5. The molecule has 4 heteroatoms. The van der Waals surface area contributed by atoms with Crippen molar-refractivity contribution in [3.8, 4) is 0 Å². The van der Waals surface area contributed by atoms with E-state index in [9.17, 15) is 9.59 Å². The van der Waals surface area contributed by atoms with Crippen molar-refractivity contribution in [1.82, 2.24) is 4.90 Å². The number of ketones is 1. The third-order valence-electron chi connectivity index (χ3n) is 3.09. The number of nitrogens with zero attached hydrogens (tertiary/aromatic N) is 1. The van der Waals surface area contributed by atoms with Gasteiger partial charge in [0.2, 0.25) is 0 Å². The number of Topliss-reactive ketones (excluding diaryl/α,β-unsaturated/α-hetero) is 1. The molecule has 0 spiro atoms. The van der Waals surface area contributed by atoms with Crippen LogP contribution in [0.2, 0.25) is 0 Å². The summed E-state index contributed by atoms with van der Waals surface area (Å²) in [5, 5.41) is 0. The second kappa shape index (κ2) is 7.43. The molecule has 0 aliphatic carbocycles. The first kappa shape index (κ1) is 14.2. The molecular weight excluding hydrogens is 218 g/mol. The largest absolute Gasteiger partial charge is 0.465 e. The van der Waals surface area contributed by atoms with Gasteiger partial charge in [-0.25, -0.2) is 0 Å². The van der Waals surface area contributed by atoms with Gasteiger partial charge in [-0.15, -0.1) is 0 Å². The summed E-state index contributed by atoms with van der Waals surface area (Å²) in [6.07, 6.45) is 3.49. The summed E-state index contributed by atoms with van der Waals surface area (Å²) in [4.78, 5) is 25.9. The quantitative estimate of drug-likeness (QED) is 0.554. The normalized spacial score (nSPS) is 22.9. The minimum Gasteiger partial charge on any atom is -0.465 e. The van der Waals surface area contributed by atoms with E-state index in [1.165, 1.54) is 0 Å². The topological polar surface area (TPSA) is 46.6 Å². The van der Waals surface area contributed by atoms with Gasteiger partial charge < -0.3 is 9.64 Å². The molecule has 1 saturated heterocycles. The van der Waals surface area contributed by atoms with Crippen LogP contribution in [-0.4, -0.2) is 42.9 Å². The van der Waals surface area contributed by atoms with Crippen LogP contribution in [0.3, 0.4) is 0 Å². The Balaban J connectivity index is 2.66. The van der Waals surface area contributed by atoms with Crippen molar-refractivity contribution in [1.29, 1.82) is 0 Å². The molecule has 1 aliphatic rings. The van der Waals surface area contributed by atoms with Gasteiger partial charge in [-0.1, -0.05) is 6.92 Å². The van der Waals surface area contributed by atoms with Crippen LogP contribution in [0.25, 0.3) is 0 Å². The highest BCUT2D eigenvalue weighted by molar-refractivity contribution is 5.99. The lowest BCUT2D eigenvalue weighted by Gasteiger charge is -2.27. The Kier molecular flexibility index (Phi) is 6.19. The van der Waals surface area contributed by atoms with E-state index in [-0.39, 0.29) is 11.8 Å². The fourth-order valence-electron chi connectivity index (χ4n) is 2.23. The van der Waals surface area contributed by atoms with Crippen molar-refractivity contribution in [3.05, 3.63) is 0 Å². The third-order valence-corrected chi connectivity index (χ3v) is 3.09. The average molecular weight is 241 g/mol. The highest BCUT2D eigenvalue weighted by Crippen LogP contribution is 2.15. The van der Waals surface area contributed by atoms with E-state index in [1.54, 1.807) is 6.92 Å². The van der Waals surface area contributed by atoms with Crippen LogP contribution in [0, 0.1) is 5.92 Å². The second-order valence-corrected chi connectivity index (χ2v) is 4.53. The monoisotopic (exact) mass is 241 g/mol. The molecule has 0 radical (unpaired) electrons. The zero-order valence-electron chi connectivity index (χ0n) is 10.9. The summed E-state index contributed by atoms with van der Waals surface area (Å²) < 4.78 is 4.99.